The van der Waals surface area contributed by atoms with Gasteiger partial charge in [0.1, 0.15) is 0 Å². The molecule has 3 saturated carbocycles. The van der Waals surface area contributed by atoms with E-state index in [9.17, 15) is 24.6 Å². The number of ketones is 1. The number of ether oxygens (including phenoxy) is 2. The van der Waals surface area contributed by atoms with E-state index in [-0.39, 0.29) is 48.4 Å². The lowest BCUT2D eigenvalue weighted by Gasteiger charge is -2.60. The predicted molar refractivity (Wildman–Crippen MR) is 107 cm³/mol. The summed E-state index contributed by atoms with van der Waals surface area (Å²) < 4.78 is 10.4. The zero-order valence-electron chi connectivity index (χ0n) is 18.0. The predicted octanol–water partition coefficient (Wildman–Crippen LogP) is 3.49. The highest BCUT2D eigenvalue weighted by Crippen LogP contribution is 2.68. The van der Waals surface area contributed by atoms with Crippen molar-refractivity contribution in [3.8, 4) is 0 Å². The molecule has 0 spiro atoms. The van der Waals surface area contributed by atoms with Crippen molar-refractivity contribution in [3.63, 3.8) is 0 Å². The molecular weight excluding hydrogens is 388 g/mol. The molecule has 4 aliphatic rings. The Kier molecular flexibility index (Phi) is 5.03. The maximum Gasteiger partial charge on any atom is 0.509 e. The van der Waals surface area contributed by atoms with Gasteiger partial charge in [-0.25, -0.2) is 9.59 Å². The van der Waals surface area contributed by atoms with E-state index in [2.05, 4.69) is 6.92 Å². The van der Waals surface area contributed by atoms with Gasteiger partial charge in [-0.2, -0.15) is 0 Å². The third kappa shape index (κ3) is 2.77. The molecule has 7 atom stereocenters. The molecule has 0 unspecified atom stereocenters. The van der Waals surface area contributed by atoms with E-state index in [4.69, 9.17) is 9.47 Å². The molecule has 0 saturated heterocycles. The molecule has 30 heavy (non-hydrogen) atoms. The van der Waals surface area contributed by atoms with Gasteiger partial charge in [0.2, 0.25) is 5.60 Å². The zero-order chi connectivity index (χ0) is 21.9. The van der Waals surface area contributed by atoms with Crippen molar-refractivity contribution in [2.45, 2.75) is 77.4 Å². The number of aliphatic carboxylic acids is 1. The van der Waals surface area contributed by atoms with Gasteiger partial charge in [0.25, 0.3) is 0 Å². The van der Waals surface area contributed by atoms with Crippen LogP contribution < -0.4 is 0 Å². The van der Waals surface area contributed by atoms with E-state index in [1.165, 1.54) is 0 Å². The van der Waals surface area contributed by atoms with Crippen LogP contribution in [0.15, 0.2) is 11.6 Å². The summed E-state index contributed by atoms with van der Waals surface area (Å²) in [6.45, 7) is 5.76. The molecule has 2 N–H and O–H groups in total. The van der Waals surface area contributed by atoms with E-state index >= 15 is 0 Å². The number of hydrogen-bond acceptors (Lipinski definition) is 6. The Morgan fingerprint density at radius 1 is 1.20 bits per heavy atom. The number of carboxylic acids is 1. The van der Waals surface area contributed by atoms with Gasteiger partial charge in [-0.3, -0.25) is 4.79 Å². The molecule has 7 nitrogen and oxygen atoms in total. The quantitative estimate of drug-likeness (QED) is 0.673. The molecule has 166 valence electrons. The molecule has 0 heterocycles. The fraction of sp³-hybridized carbons (Fsp3) is 0.783. The monoisotopic (exact) mass is 420 g/mol. The Hall–Kier alpha value is -1.89. The average Bonchev–Trinajstić information content (AvgIpc) is 2.95. The van der Waals surface area contributed by atoms with Gasteiger partial charge in [0.15, 0.2) is 5.78 Å². The second-order valence-electron chi connectivity index (χ2n) is 10.0. The zero-order valence-corrected chi connectivity index (χ0v) is 18.0. The van der Waals surface area contributed by atoms with E-state index in [0.29, 0.717) is 12.8 Å². The molecule has 0 aliphatic heterocycles. The molecule has 0 bridgehead atoms. The summed E-state index contributed by atoms with van der Waals surface area (Å²) in [6.07, 6.45) is 4.01. The molecule has 7 heteroatoms. The number of allylic oxidation sites excluding steroid dienone is 1. The minimum absolute atomic E-state index is 0.0177. The number of aliphatic hydroxyl groups is 1. The summed E-state index contributed by atoms with van der Waals surface area (Å²) in [6, 6.07) is 0. The van der Waals surface area contributed by atoms with Crippen molar-refractivity contribution in [2.75, 3.05) is 6.61 Å². The van der Waals surface area contributed by atoms with Crippen molar-refractivity contribution in [2.24, 2.45) is 28.6 Å². The van der Waals surface area contributed by atoms with Crippen molar-refractivity contribution < 1.29 is 34.1 Å². The van der Waals surface area contributed by atoms with Gasteiger partial charge < -0.3 is 19.7 Å². The fourth-order valence-electron chi connectivity index (χ4n) is 7.53. The SMILES string of the molecule is CCOC(=O)O[C@]1(C(=O)O)CC[C@H]2[C@@H]3CCC4=CC(=O)CC[C@]4(C)[C@H]3[C@@H](O)C[C@@]21C. The third-order valence-corrected chi connectivity index (χ3v) is 8.88. The lowest BCUT2D eigenvalue weighted by Crippen LogP contribution is -2.62. The van der Waals surface area contributed by atoms with Crippen molar-refractivity contribution in [1.29, 1.82) is 0 Å². The van der Waals surface area contributed by atoms with Crippen molar-refractivity contribution in [1.82, 2.24) is 0 Å². The number of hydrogen-bond donors (Lipinski definition) is 2. The van der Waals surface area contributed by atoms with Gasteiger partial charge in [0.05, 0.1) is 12.7 Å². The highest BCUT2D eigenvalue weighted by Gasteiger charge is 2.71. The van der Waals surface area contributed by atoms with Crippen LogP contribution in [0.2, 0.25) is 0 Å². The van der Waals surface area contributed by atoms with E-state index in [1.807, 2.05) is 6.92 Å². The molecule has 0 aromatic carbocycles. The van der Waals surface area contributed by atoms with Crippen LogP contribution in [-0.4, -0.2) is 46.4 Å². The van der Waals surface area contributed by atoms with Crippen LogP contribution in [0.4, 0.5) is 4.79 Å². The van der Waals surface area contributed by atoms with Gasteiger partial charge in [0, 0.05) is 11.8 Å². The van der Waals surface area contributed by atoms with Crippen molar-refractivity contribution in [3.05, 3.63) is 11.6 Å². The summed E-state index contributed by atoms with van der Waals surface area (Å²) in [5.41, 5.74) is -1.69. The van der Waals surface area contributed by atoms with E-state index < -0.39 is 29.2 Å². The van der Waals surface area contributed by atoms with Crippen molar-refractivity contribution >= 4 is 17.9 Å². The smallest absolute Gasteiger partial charge is 0.478 e. The van der Waals surface area contributed by atoms with Crippen LogP contribution in [0.3, 0.4) is 0 Å². The minimum atomic E-state index is -1.70. The van der Waals surface area contributed by atoms with Crippen LogP contribution in [0.25, 0.3) is 0 Å². The normalized spacial score (nSPS) is 44.9. The maximum atomic E-state index is 12.5. The van der Waals surface area contributed by atoms with E-state index in [0.717, 1.165) is 24.8 Å². The molecule has 4 rings (SSSR count). The first-order chi connectivity index (χ1) is 14.1. The Morgan fingerprint density at radius 3 is 2.60 bits per heavy atom. The average molecular weight is 421 g/mol. The number of rotatable bonds is 3. The molecule has 0 aromatic rings. The summed E-state index contributed by atoms with van der Waals surface area (Å²) in [5.74, 6) is -0.883. The van der Waals surface area contributed by atoms with Gasteiger partial charge in [-0.05, 0) is 74.7 Å². The second-order valence-corrected chi connectivity index (χ2v) is 10.0. The first-order valence-electron chi connectivity index (χ1n) is 11.1. The van der Waals surface area contributed by atoms with Crippen LogP contribution in [-0.2, 0) is 19.1 Å². The Morgan fingerprint density at radius 2 is 1.93 bits per heavy atom. The Bertz CT molecular complexity index is 803. The van der Waals surface area contributed by atoms with E-state index in [1.54, 1.807) is 13.0 Å². The standard InChI is InChI=1S/C23H32O7/c1-4-29-20(28)30-23(19(26)27)10-8-16-15-6-5-13-11-14(24)7-9-21(13,2)18(15)17(25)12-22(16,23)3/h11,15-18,25H,4-10,12H2,1-3H3,(H,26,27)/t15-,16-,17-,18+,21-,22-,23-/m0/s1. The lowest BCUT2D eigenvalue weighted by atomic mass is 9.45. The summed E-state index contributed by atoms with van der Waals surface area (Å²) in [4.78, 5) is 36.6. The van der Waals surface area contributed by atoms with Crippen LogP contribution in [0.1, 0.15) is 65.7 Å². The molecule has 0 amide bonds. The first-order valence-corrected chi connectivity index (χ1v) is 11.1. The number of carbonyl (C=O) groups is 3. The molecule has 0 radical (unpaired) electrons. The Labute approximate surface area is 176 Å². The van der Waals surface area contributed by atoms with Crippen LogP contribution in [0.5, 0.6) is 0 Å². The molecule has 0 aromatic heterocycles. The Balaban J connectivity index is 1.71. The number of carboxylic acid groups (broad SMARTS) is 1. The minimum Gasteiger partial charge on any atom is -0.478 e. The number of carbonyl (C=O) groups excluding carboxylic acids is 2. The number of fused-ring (bicyclic) bond motifs is 5. The highest BCUT2D eigenvalue weighted by molar-refractivity contribution is 5.91. The van der Waals surface area contributed by atoms with Gasteiger partial charge in [-0.15, -0.1) is 0 Å². The topological polar surface area (TPSA) is 110 Å². The largest absolute Gasteiger partial charge is 0.509 e. The molecule has 3 fully saturated rings. The second kappa shape index (κ2) is 7.08. The third-order valence-electron chi connectivity index (χ3n) is 8.88. The van der Waals surface area contributed by atoms with Gasteiger partial charge >= 0.3 is 12.1 Å². The summed E-state index contributed by atoms with van der Waals surface area (Å²) in [7, 11) is 0. The first kappa shape index (κ1) is 21.3. The van der Waals surface area contributed by atoms with Crippen LogP contribution >= 0.6 is 0 Å². The summed E-state index contributed by atoms with van der Waals surface area (Å²) >= 11 is 0. The lowest BCUT2D eigenvalue weighted by molar-refractivity contribution is -0.198. The highest BCUT2D eigenvalue weighted by atomic mass is 16.7. The van der Waals surface area contributed by atoms with Gasteiger partial charge in [-0.1, -0.05) is 19.4 Å². The molecular formula is C23H32O7. The summed E-state index contributed by atoms with van der Waals surface area (Å²) in [5, 5.41) is 21.5. The fourth-order valence-corrected chi connectivity index (χ4v) is 7.53. The number of aliphatic hydroxyl groups excluding tert-OH is 1. The molecule has 4 aliphatic carbocycles. The maximum absolute atomic E-state index is 12.5. The van der Waals surface area contributed by atoms with Crippen LogP contribution in [0, 0.1) is 28.6 Å².